The smallest absolute Gasteiger partial charge is 0.249 e. The highest BCUT2D eigenvalue weighted by Crippen LogP contribution is 2.19. The molecular formula is C14H12ClN5OS. The first-order chi connectivity index (χ1) is 10.7. The van der Waals surface area contributed by atoms with Gasteiger partial charge >= 0.3 is 0 Å². The van der Waals surface area contributed by atoms with Crippen LogP contribution in [0.15, 0.2) is 36.5 Å². The normalized spacial score (nSPS) is 10.6. The fourth-order valence-electron chi connectivity index (χ4n) is 1.86. The molecule has 0 saturated heterocycles. The van der Waals surface area contributed by atoms with E-state index in [1.165, 1.54) is 11.5 Å². The highest BCUT2D eigenvalue weighted by molar-refractivity contribution is 7.09. The summed E-state index contributed by atoms with van der Waals surface area (Å²) in [5.41, 5.74) is 1.06. The molecule has 2 aromatic heterocycles. The number of anilines is 1. The molecule has 0 aliphatic heterocycles. The van der Waals surface area contributed by atoms with Crippen LogP contribution in [0.3, 0.4) is 0 Å². The van der Waals surface area contributed by atoms with Gasteiger partial charge in [0.25, 0.3) is 0 Å². The van der Waals surface area contributed by atoms with E-state index in [2.05, 4.69) is 24.9 Å². The molecule has 0 unspecified atom stereocenters. The Balaban J connectivity index is 1.54. The van der Waals surface area contributed by atoms with E-state index in [0.717, 1.165) is 10.4 Å². The van der Waals surface area contributed by atoms with Crippen molar-refractivity contribution in [3.05, 3.63) is 47.1 Å². The van der Waals surface area contributed by atoms with Gasteiger partial charge in [-0.2, -0.15) is 4.98 Å². The number of carbonyl (C=O) groups excluding carboxylic acids is 1. The summed E-state index contributed by atoms with van der Waals surface area (Å²) in [6, 6.07) is 9.27. The predicted octanol–water partition coefficient (Wildman–Crippen LogP) is 3.15. The number of aromatic nitrogens is 4. The summed E-state index contributed by atoms with van der Waals surface area (Å²) in [4.78, 5) is 17.0. The summed E-state index contributed by atoms with van der Waals surface area (Å²) >= 11 is 7.13. The molecule has 1 amide bonds. The Kier molecular flexibility index (Phi) is 4.45. The number of benzene rings is 1. The van der Waals surface area contributed by atoms with Crippen molar-refractivity contribution in [2.45, 2.75) is 12.8 Å². The van der Waals surface area contributed by atoms with E-state index >= 15 is 0 Å². The molecule has 3 rings (SSSR count). The van der Waals surface area contributed by atoms with E-state index < -0.39 is 0 Å². The minimum absolute atomic E-state index is 0.134. The molecule has 0 aliphatic rings. The van der Waals surface area contributed by atoms with Crippen molar-refractivity contribution in [2.24, 2.45) is 0 Å². The lowest BCUT2D eigenvalue weighted by molar-refractivity contribution is -0.116. The van der Waals surface area contributed by atoms with E-state index in [9.17, 15) is 4.79 Å². The lowest BCUT2D eigenvalue weighted by Crippen LogP contribution is -2.13. The number of halogens is 1. The van der Waals surface area contributed by atoms with Crippen LogP contribution in [0.4, 0.5) is 5.95 Å². The Labute approximate surface area is 135 Å². The van der Waals surface area contributed by atoms with Crippen molar-refractivity contribution in [2.75, 3.05) is 5.32 Å². The van der Waals surface area contributed by atoms with Gasteiger partial charge in [0.05, 0.1) is 4.88 Å². The molecule has 6 nitrogen and oxygen atoms in total. The Hall–Kier alpha value is -2.25. The van der Waals surface area contributed by atoms with Crippen molar-refractivity contribution in [3.8, 4) is 10.7 Å². The number of nitrogens with zero attached hydrogens (tertiary/aromatic N) is 3. The molecule has 3 aromatic rings. The SMILES string of the molecule is O=C(CCc1ccc(Cl)cc1)Nc1n[nH]c(-c2ccns2)n1. The van der Waals surface area contributed by atoms with Crippen molar-refractivity contribution < 1.29 is 4.79 Å². The van der Waals surface area contributed by atoms with Gasteiger partial charge < -0.3 is 0 Å². The number of hydrogen-bond donors (Lipinski definition) is 2. The van der Waals surface area contributed by atoms with Crippen LogP contribution in [-0.4, -0.2) is 25.5 Å². The quantitative estimate of drug-likeness (QED) is 0.751. The maximum atomic E-state index is 11.9. The van der Waals surface area contributed by atoms with Crippen LogP contribution in [0.1, 0.15) is 12.0 Å². The minimum atomic E-state index is -0.134. The second kappa shape index (κ2) is 6.67. The molecule has 0 bridgehead atoms. The predicted molar refractivity (Wildman–Crippen MR) is 85.9 cm³/mol. The van der Waals surface area contributed by atoms with Gasteiger partial charge in [0.1, 0.15) is 0 Å². The van der Waals surface area contributed by atoms with Gasteiger partial charge in [0.2, 0.25) is 11.9 Å². The molecule has 112 valence electrons. The largest absolute Gasteiger partial charge is 0.293 e. The zero-order valence-electron chi connectivity index (χ0n) is 11.4. The summed E-state index contributed by atoms with van der Waals surface area (Å²) in [6.45, 7) is 0. The van der Waals surface area contributed by atoms with Gasteiger partial charge in [-0.1, -0.05) is 23.7 Å². The Morgan fingerprint density at radius 2 is 2.09 bits per heavy atom. The summed E-state index contributed by atoms with van der Waals surface area (Å²) in [7, 11) is 0. The number of aromatic amines is 1. The van der Waals surface area contributed by atoms with Gasteiger partial charge in [-0.05, 0) is 41.7 Å². The molecule has 0 aliphatic carbocycles. The Morgan fingerprint density at radius 3 is 2.82 bits per heavy atom. The topological polar surface area (TPSA) is 83.6 Å². The molecule has 0 radical (unpaired) electrons. The van der Waals surface area contributed by atoms with Gasteiger partial charge in [0.15, 0.2) is 5.82 Å². The van der Waals surface area contributed by atoms with Crippen LogP contribution in [0, 0.1) is 0 Å². The molecule has 0 fully saturated rings. The van der Waals surface area contributed by atoms with E-state index in [1.54, 1.807) is 6.20 Å². The first kappa shape index (κ1) is 14.7. The number of amides is 1. The third-order valence-corrected chi connectivity index (χ3v) is 3.97. The standard InChI is InChI=1S/C14H12ClN5OS/c15-10-4-1-9(2-5-10)3-6-12(21)17-14-18-13(19-20-14)11-7-8-16-22-11/h1-2,4-5,7-8H,3,6H2,(H2,17,18,19,20,21). The molecule has 0 atom stereocenters. The number of rotatable bonds is 5. The average molecular weight is 334 g/mol. The molecule has 2 heterocycles. The van der Waals surface area contributed by atoms with Crippen LogP contribution in [0.25, 0.3) is 10.7 Å². The summed E-state index contributed by atoms with van der Waals surface area (Å²) < 4.78 is 4.00. The highest BCUT2D eigenvalue weighted by Gasteiger charge is 2.10. The molecule has 8 heteroatoms. The third kappa shape index (κ3) is 3.69. The molecule has 1 aromatic carbocycles. The summed E-state index contributed by atoms with van der Waals surface area (Å²) in [5.74, 6) is 0.727. The molecule has 2 N–H and O–H groups in total. The number of nitrogens with one attached hydrogen (secondary N) is 2. The number of H-pyrrole nitrogens is 1. The highest BCUT2D eigenvalue weighted by atomic mass is 35.5. The number of carbonyl (C=O) groups is 1. The Morgan fingerprint density at radius 1 is 1.27 bits per heavy atom. The van der Waals surface area contributed by atoms with E-state index in [4.69, 9.17) is 11.6 Å². The van der Waals surface area contributed by atoms with Crippen LogP contribution < -0.4 is 5.32 Å². The van der Waals surface area contributed by atoms with Crippen LogP contribution in [0.5, 0.6) is 0 Å². The zero-order valence-corrected chi connectivity index (χ0v) is 13.0. The monoisotopic (exact) mass is 333 g/mol. The van der Waals surface area contributed by atoms with Crippen molar-refractivity contribution in [1.29, 1.82) is 0 Å². The zero-order chi connectivity index (χ0) is 15.4. The van der Waals surface area contributed by atoms with Gasteiger partial charge in [-0.25, -0.2) is 4.37 Å². The summed E-state index contributed by atoms with van der Waals surface area (Å²) in [5, 5.41) is 10.1. The third-order valence-electron chi connectivity index (χ3n) is 2.96. The summed E-state index contributed by atoms with van der Waals surface area (Å²) in [6.07, 6.45) is 2.67. The van der Waals surface area contributed by atoms with Gasteiger partial charge in [-0.3, -0.25) is 15.2 Å². The second-order valence-electron chi connectivity index (χ2n) is 4.56. The van der Waals surface area contributed by atoms with Gasteiger partial charge in [-0.15, -0.1) is 5.10 Å². The van der Waals surface area contributed by atoms with Crippen molar-refractivity contribution >= 4 is 35.0 Å². The molecule has 0 spiro atoms. The molecule has 0 saturated carbocycles. The maximum absolute atomic E-state index is 11.9. The number of aryl methyl sites for hydroxylation is 1. The Bertz CT molecular complexity index is 754. The van der Waals surface area contributed by atoms with E-state index in [0.29, 0.717) is 23.7 Å². The lowest BCUT2D eigenvalue weighted by Gasteiger charge is -2.02. The first-order valence-corrected chi connectivity index (χ1v) is 7.73. The van der Waals surface area contributed by atoms with Crippen LogP contribution >= 0.6 is 23.1 Å². The molecule has 22 heavy (non-hydrogen) atoms. The van der Waals surface area contributed by atoms with Crippen LogP contribution in [0.2, 0.25) is 5.02 Å². The fourth-order valence-corrected chi connectivity index (χ4v) is 2.52. The van der Waals surface area contributed by atoms with Crippen molar-refractivity contribution in [3.63, 3.8) is 0 Å². The van der Waals surface area contributed by atoms with E-state index in [1.807, 2.05) is 30.3 Å². The van der Waals surface area contributed by atoms with Gasteiger partial charge in [0, 0.05) is 17.6 Å². The first-order valence-electron chi connectivity index (χ1n) is 6.58. The minimum Gasteiger partial charge on any atom is -0.293 e. The fraction of sp³-hybridized carbons (Fsp3) is 0.143. The van der Waals surface area contributed by atoms with Crippen LogP contribution in [-0.2, 0) is 11.2 Å². The lowest BCUT2D eigenvalue weighted by atomic mass is 10.1. The van der Waals surface area contributed by atoms with E-state index in [-0.39, 0.29) is 11.9 Å². The van der Waals surface area contributed by atoms with Crippen molar-refractivity contribution in [1.82, 2.24) is 19.6 Å². The average Bonchev–Trinajstić information content (AvgIpc) is 3.17. The second-order valence-corrected chi connectivity index (χ2v) is 5.83. The number of hydrogen-bond acceptors (Lipinski definition) is 5. The molecular weight excluding hydrogens is 322 g/mol. The maximum Gasteiger partial charge on any atom is 0.249 e.